The standard InChI is InChI=1S/C21H30FN5O4S2/c22-18-12-16(5-6-19(18)25-7-9-26(10-8-25)33(23,29)30)27-14-17(31-21(27)28)13-24-20(32)11-15-3-1-2-4-15/h5-6,12,15,17H,1-4,7-11,13-14H2,(H,24,32)(H2,23,29,30). The summed E-state index contributed by atoms with van der Waals surface area (Å²) in [4.78, 5) is 16.4. The largest absolute Gasteiger partial charge is 0.442 e. The average molecular weight is 500 g/mol. The first-order chi connectivity index (χ1) is 15.7. The Labute approximate surface area is 199 Å². The summed E-state index contributed by atoms with van der Waals surface area (Å²) in [6.07, 6.45) is 4.96. The van der Waals surface area contributed by atoms with Gasteiger partial charge in [0.05, 0.1) is 29.5 Å². The Morgan fingerprint density at radius 2 is 1.91 bits per heavy atom. The van der Waals surface area contributed by atoms with Crippen molar-refractivity contribution in [1.82, 2.24) is 9.62 Å². The lowest BCUT2D eigenvalue weighted by molar-refractivity contribution is 0.143. The highest BCUT2D eigenvalue weighted by molar-refractivity contribution is 7.86. The minimum Gasteiger partial charge on any atom is -0.442 e. The smallest absolute Gasteiger partial charge is 0.414 e. The van der Waals surface area contributed by atoms with Gasteiger partial charge in [-0.05, 0) is 24.1 Å². The fraction of sp³-hybridized carbons (Fsp3) is 0.619. The quantitative estimate of drug-likeness (QED) is 0.552. The van der Waals surface area contributed by atoms with Gasteiger partial charge in [-0.15, -0.1) is 0 Å². The highest BCUT2D eigenvalue weighted by atomic mass is 32.2. The highest BCUT2D eigenvalue weighted by Crippen LogP contribution is 2.29. The van der Waals surface area contributed by atoms with Crippen LogP contribution in [0.2, 0.25) is 0 Å². The number of nitrogens with one attached hydrogen (secondary N) is 1. The number of carbonyl (C=O) groups excluding carboxylic acids is 1. The van der Waals surface area contributed by atoms with E-state index in [0.717, 1.165) is 11.4 Å². The van der Waals surface area contributed by atoms with Gasteiger partial charge in [0, 0.05) is 32.6 Å². The summed E-state index contributed by atoms with van der Waals surface area (Å²) in [6, 6.07) is 4.59. The van der Waals surface area contributed by atoms with Gasteiger partial charge in [0.2, 0.25) is 0 Å². The summed E-state index contributed by atoms with van der Waals surface area (Å²) < 4.78 is 44.4. The molecule has 3 N–H and O–H groups in total. The second kappa shape index (κ2) is 10.1. The van der Waals surface area contributed by atoms with E-state index in [4.69, 9.17) is 22.1 Å². The number of halogens is 1. The molecule has 9 nitrogen and oxygen atoms in total. The van der Waals surface area contributed by atoms with Gasteiger partial charge in [-0.3, -0.25) is 4.90 Å². The maximum atomic E-state index is 14.9. The molecule has 3 aliphatic rings. The molecule has 2 saturated heterocycles. The van der Waals surface area contributed by atoms with Gasteiger partial charge < -0.3 is 15.0 Å². The molecule has 33 heavy (non-hydrogen) atoms. The molecule has 0 bridgehead atoms. The minimum atomic E-state index is -3.75. The van der Waals surface area contributed by atoms with Crippen LogP contribution < -0.4 is 20.3 Å². The number of thiocarbonyl (C=S) groups is 1. The van der Waals surface area contributed by atoms with Crippen LogP contribution in [-0.4, -0.2) is 69.2 Å². The topological polar surface area (TPSA) is 108 Å². The SMILES string of the molecule is NS(=O)(=O)N1CCN(c2ccc(N3CC(CNC(=S)CC4CCCC4)OC3=O)cc2F)CC1. The number of hydrogen-bond acceptors (Lipinski definition) is 6. The lowest BCUT2D eigenvalue weighted by Crippen LogP contribution is -2.50. The van der Waals surface area contributed by atoms with Crippen LogP contribution in [0.15, 0.2) is 18.2 Å². The number of carbonyl (C=O) groups is 1. The third-order valence-electron chi connectivity index (χ3n) is 6.53. The van der Waals surface area contributed by atoms with Crippen molar-refractivity contribution >= 4 is 44.9 Å². The zero-order valence-corrected chi connectivity index (χ0v) is 20.0. The van der Waals surface area contributed by atoms with Crippen LogP contribution in [0.5, 0.6) is 0 Å². The van der Waals surface area contributed by atoms with Crippen molar-refractivity contribution in [3.05, 3.63) is 24.0 Å². The first kappa shape index (κ1) is 24.1. The molecule has 12 heteroatoms. The molecule has 1 aromatic rings. The summed E-state index contributed by atoms with van der Waals surface area (Å²) in [6.45, 7) is 1.78. The van der Waals surface area contributed by atoms with Gasteiger partial charge >= 0.3 is 6.09 Å². The predicted molar refractivity (Wildman–Crippen MR) is 128 cm³/mol. The van der Waals surface area contributed by atoms with E-state index in [1.54, 1.807) is 17.0 Å². The molecule has 0 spiro atoms. The Morgan fingerprint density at radius 1 is 1.21 bits per heavy atom. The number of nitrogens with two attached hydrogens (primary N) is 1. The van der Waals surface area contributed by atoms with Crippen LogP contribution in [0.1, 0.15) is 32.1 Å². The fourth-order valence-electron chi connectivity index (χ4n) is 4.72. The molecule has 2 aliphatic heterocycles. The summed E-state index contributed by atoms with van der Waals surface area (Å²) in [5, 5.41) is 8.37. The molecule has 182 valence electrons. The molecule has 4 rings (SSSR count). The van der Waals surface area contributed by atoms with E-state index in [0.29, 0.717) is 43.5 Å². The van der Waals surface area contributed by atoms with Crippen molar-refractivity contribution in [3.8, 4) is 0 Å². The molecule has 2 heterocycles. The Kier molecular flexibility index (Phi) is 7.37. The molecule has 1 unspecified atom stereocenters. The molecule has 0 radical (unpaired) electrons. The second-order valence-electron chi connectivity index (χ2n) is 8.84. The van der Waals surface area contributed by atoms with Crippen LogP contribution >= 0.6 is 12.2 Å². The van der Waals surface area contributed by atoms with Gasteiger partial charge in [-0.1, -0.05) is 37.9 Å². The van der Waals surface area contributed by atoms with Crippen molar-refractivity contribution in [1.29, 1.82) is 0 Å². The third kappa shape index (κ3) is 5.92. The minimum absolute atomic E-state index is 0.190. The fourth-order valence-corrected chi connectivity index (χ4v) is 5.71. The van der Waals surface area contributed by atoms with E-state index in [1.165, 1.54) is 41.0 Å². The molecule has 1 aromatic carbocycles. The summed E-state index contributed by atoms with van der Waals surface area (Å²) >= 11 is 5.44. The maximum absolute atomic E-state index is 14.9. The number of rotatable bonds is 7. The van der Waals surface area contributed by atoms with E-state index < -0.39 is 22.1 Å². The molecule has 3 fully saturated rings. The summed E-state index contributed by atoms with van der Waals surface area (Å²) in [5.41, 5.74) is 0.774. The number of cyclic esters (lactones) is 1. The van der Waals surface area contributed by atoms with Crippen molar-refractivity contribution in [2.75, 3.05) is 49.1 Å². The number of nitrogens with zero attached hydrogens (tertiary/aromatic N) is 3. The summed E-state index contributed by atoms with van der Waals surface area (Å²) in [7, 11) is -3.75. The van der Waals surface area contributed by atoms with Crippen LogP contribution in [-0.2, 0) is 14.9 Å². The number of amides is 1. The monoisotopic (exact) mass is 499 g/mol. The first-order valence-corrected chi connectivity index (χ1v) is 13.2. The average Bonchev–Trinajstić information content (AvgIpc) is 3.41. The zero-order valence-electron chi connectivity index (χ0n) is 18.4. The van der Waals surface area contributed by atoms with E-state index in [9.17, 15) is 17.6 Å². The number of ether oxygens (including phenoxy) is 1. The third-order valence-corrected chi connectivity index (χ3v) is 7.93. The zero-order chi connectivity index (χ0) is 23.6. The van der Waals surface area contributed by atoms with Gasteiger partial charge in [0.15, 0.2) is 0 Å². The predicted octanol–water partition coefficient (Wildman–Crippen LogP) is 1.97. The lowest BCUT2D eigenvalue weighted by atomic mass is 10.0. The van der Waals surface area contributed by atoms with Crippen molar-refractivity contribution in [2.24, 2.45) is 11.1 Å². The molecule has 1 atom stereocenters. The molecule has 1 saturated carbocycles. The normalized spacial score (nSPS) is 22.6. The maximum Gasteiger partial charge on any atom is 0.414 e. The Bertz CT molecular complexity index is 994. The number of anilines is 2. The van der Waals surface area contributed by atoms with E-state index in [1.807, 2.05) is 0 Å². The summed E-state index contributed by atoms with van der Waals surface area (Å²) in [5.74, 6) is 0.167. The van der Waals surface area contributed by atoms with Crippen LogP contribution in [0.3, 0.4) is 0 Å². The van der Waals surface area contributed by atoms with Gasteiger partial charge in [-0.25, -0.2) is 14.3 Å². The van der Waals surface area contributed by atoms with Gasteiger partial charge in [0.25, 0.3) is 10.2 Å². The Morgan fingerprint density at radius 3 is 2.55 bits per heavy atom. The molecule has 0 aromatic heterocycles. The number of benzene rings is 1. The van der Waals surface area contributed by atoms with E-state index in [-0.39, 0.29) is 19.2 Å². The molecule has 1 aliphatic carbocycles. The molecule has 1 amide bonds. The van der Waals surface area contributed by atoms with Crippen LogP contribution in [0.25, 0.3) is 0 Å². The highest BCUT2D eigenvalue weighted by Gasteiger charge is 2.33. The van der Waals surface area contributed by atoms with Crippen molar-refractivity contribution in [3.63, 3.8) is 0 Å². The number of piperazine rings is 1. The first-order valence-electron chi connectivity index (χ1n) is 11.3. The van der Waals surface area contributed by atoms with E-state index >= 15 is 0 Å². The van der Waals surface area contributed by atoms with Crippen molar-refractivity contribution in [2.45, 2.75) is 38.2 Å². The Balaban J connectivity index is 1.31. The molecular formula is C21H30FN5O4S2. The van der Waals surface area contributed by atoms with Crippen molar-refractivity contribution < 1.29 is 22.3 Å². The van der Waals surface area contributed by atoms with Crippen LogP contribution in [0.4, 0.5) is 20.6 Å². The van der Waals surface area contributed by atoms with E-state index in [2.05, 4.69) is 5.32 Å². The number of hydrogen-bond donors (Lipinski definition) is 2. The lowest BCUT2D eigenvalue weighted by Gasteiger charge is -2.34. The van der Waals surface area contributed by atoms with Gasteiger partial charge in [0.1, 0.15) is 11.9 Å². The second-order valence-corrected chi connectivity index (χ2v) is 10.9. The molecular weight excluding hydrogens is 469 g/mol. The Hall–Kier alpha value is -2.02. The van der Waals surface area contributed by atoms with Gasteiger partial charge in [-0.2, -0.15) is 12.7 Å². The van der Waals surface area contributed by atoms with Crippen LogP contribution in [0, 0.1) is 11.7 Å².